The average Bonchev–Trinajstić information content (AvgIpc) is 2.87. The van der Waals surface area contributed by atoms with E-state index in [1.54, 1.807) is 17.6 Å². The Balaban J connectivity index is 1.60. The molecule has 1 aliphatic carbocycles. The summed E-state index contributed by atoms with van der Waals surface area (Å²) < 4.78 is 5.48. The molecule has 0 amide bonds. The molecule has 1 aliphatic rings. The molecule has 1 fully saturated rings. The molecule has 1 saturated carbocycles. The van der Waals surface area contributed by atoms with Crippen molar-refractivity contribution in [2.45, 2.75) is 32.4 Å². The van der Waals surface area contributed by atoms with Gasteiger partial charge in [-0.1, -0.05) is 6.07 Å². The Kier molecular flexibility index (Phi) is 2.99. The van der Waals surface area contributed by atoms with E-state index in [2.05, 4.69) is 17.2 Å². The van der Waals surface area contributed by atoms with Crippen LogP contribution in [0.15, 0.2) is 28.2 Å². The van der Waals surface area contributed by atoms with E-state index in [1.807, 2.05) is 17.5 Å². The number of hydrogen-bond acceptors (Lipinski definition) is 4. The predicted molar refractivity (Wildman–Crippen MR) is 68.8 cm³/mol. The summed E-state index contributed by atoms with van der Waals surface area (Å²) in [5, 5.41) is 5.53. The summed E-state index contributed by atoms with van der Waals surface area (Å²) in [6.07, 6.45) is 4.49. The van der Waals surface area contributed by atoms with E-state index in [4.69, 9.17) is 4.42 Å². The van der Waals surface area contributed by atoms with Crippen molar-refractivity contribution in [1.29, 1.82) is 0 Å². The Morgan fingerprint density at radius 1 is 1.59 bits per heavy atom. The van der Waals surface area contributed by atoms with Crippen LogP contribution in [-0.4, -0.2) is 11.0 Å². The number of nitrogens with one attached hydrogen (secondary N) is 1. The molecule has 0 radical (unpaired) electrons. The molecule has 0 saturated heterocycles. The molecule has 3 rings (SSSR count). The molecule has 1 N–H and O–H groups in total. The van der Waals surface area contributed by atoms with E-state index in [1.165, 1.54) is 12.8 Å². The van der Waals surface area contributed by atoms with E-state index >= 15 is 0 Å². The van der Waals surface area contributed by atoms with E-state index in [9.17, 15) is 0 Å². The summed E-state index contributed by atoms with van der Waals surface area (Å²) in [4.78, 5) is 5.58. The third kappa shape index (κ3) is 2.58. The molecule has 4 heteroatoms. The summed E-state index contributed by atoms with van der Waals surface area (Å²) in [5.74, 6) is 1.61. The molecule has 2 aromatic heterocycles. The second-order valence-corrected chi connectivity index (χ2v) is 5.58. The van der Waals surface area contributed by atoms with Gasteiger partial charge in [0.2, 0.25) is 5.89 Å². The summed E-state index contributed by atoms with van der Waals surface area (Å²) in [6.45, 7) is 3.05. The molecule has 2 aromatic rings. The second-order valence-electron chi connectivity index (χ2n) is 4.63. The Bertz CT molecular complexity index is 473. The van der Waals surface area contributed by atoms with Crippen molar-refractivity contribution in [2.24, 2.45) is 5.92 Å². The fraction of sp³-hybridized carbons (Fsp3) is 0.462. The van der Waals surface area contributed by atoms with Gasteiger partial charge in [0, 0.05) is 12.6 Å². The SMILES string of the molecule is CC(NCc1coc(-c2cccs2)n1)C1CC1. The van der Waals surface area contributed by atoms with Gasteiger partial charge in [-0.15, -0.1) is 11.3 Å². The molecule has 0 bridgehead atoms. The zero-order chi connectivity index (χ0) is 11.7. The third-order valence-corrected chi connectivity index (χ3v) is 4.08. The number of thiophene rings is 1. The van der Waals surface area contributed by atoms with E-state index < -0.39 is 0 Å². The largest absolute Gasteiger partial charge is 0.444 e. The first-order chi connectivity index (χ1) is 8.33. The van der Waals surface area contributed by atoms with E-state index in [-0.39, 0.29) is 0 Å². The van der Waals surface area contributed by atoms with Gasteiger partial charge in [-0.3, -0.25) is 0 Å². The normalized spacial score (nSPS) is 17.2. The molecule has 90 valence electrons. The van der Waals surface area contributed by atoms with Gasteiger partial charge >= 0.3 is 0 Å². The average molecular weight is 248 g/mol. The van der Waals surface area contributed by atoms with Crippen LogP contribution in [0.1, 0.15) is 25.5 Å². The van der Waals surface area contributed by atoms with Crippen LogP contribution in [0.25, 0.3) is 10.8 Å². The predicted octanol–water partition coefficient (Wildman–Crippen LogP) is 3.29. The number of nitrogens with zero attached hydrogens (tertiary/aromatic N) is 1. The lowest BCUT2D eigenvalue weighted by Crippen LogP contribution is -2.27. The molecule has 3 nitrogen and oxygen atoms in total. The zero-order valence-electron chi connectivity index (χ0n) is 9.85. The molecular formula is C13H16N2OS. The van der Waals surface area contributed by atoms with Gasteiger partial charge in [0.25, 0.3) is 0 Å². The zero-order valence-corrected chi connectivity index (χ0v) is 10.7. The minimum atomic E-state index is 0.594. The highest BCUT2D eigenvalue weighted by Gasteiger charge is 2.27. The summed E-state index contributed by atoms with van der Waals surface area (Å²) in [5.41, 5.74) is 0.987. The summed E-state index contributed by atoms with van der Waals surface area (Å²) >= 11 is 1.65. The van der Waals surface area contributed by atoms with Gasteiger partial charge in [0.05, 0.1) is 10.6 Å². The van der Waals surface area contributed by atoms with Crippen molar-refractivity contribution in [3.63, 3.8) is 0 Å². The van der Waals surface area contributed by atoms with Crippen LogP contribution >= 0.6 is 11.3 Å². The Morgan fingerprint density at radius 2 is 2.47 bits per heavy atom. The van der Waals surface area contributed by atoms with Crippen LogP contribution in [0, 0.1) is 5.92 Å². The highest BCUT2D eigenvalue weighted by molar-refractivity contribution is 7.13. The van der Waals surface area contributed by atoms with Crippen LogP contribution in [0.3, 0.4) is 0 Å². The maximum atomic E-state index is 5.48. The van der Waals surface area contributed by atoms with Gasteiger partial charge in [-0.25, -0.2) is 4.98 Å². The highest BCUT2D eigenvalue weighted by atomic mass is 32.1. The van der Waals surface area contributed by atoms with Gasteiger partial charge in [0.15, 0.2) is 0 Å². The van der Waals surface area contributed by atoms with E-state index in [0.717, 1.165) is 28.9 Å². The van der Waals surface area contributed by atoms with Crippen LogP contribution in [0.2, 0.25) is 0 Å². The number of oxazole rings is 1. The molecule has 2 heterocycles. The Labute approximate surface area is 105 Å². The first kappa shape index (κ1) is 11.0. The molecule has 0 aliphatic heterocycles. The topological polar surface area (TPSA) is 38.1 Å². The first-order valence-electron chi connectivity index (χ1n) is 6.04. The van der Waals surface area contributed by atoms with Gasteiger partial charge in [0.1, 0.15) is 6.26 Å². The highest BCUT2D eigenvalue weighted by Crippen LogP contribution is 2.32. The number of rotatable bonds is 5. The Hall–Kier alpha value is -1.13. The van der Waals surface area contributed by atoms with Crippen molar-refractivity contribution in [1.82, 2.24) is 10.3 Å². The lowest BCUT2D eigenvalue weighted by molar-refractivity contribution is 0.490. The third-order valence-electron chi connectivity index (χ3n) is 3.22. The fourth-order valence-electron chi connectivity index (χ4n) is 1.93. The van der Waals surface area contributed by atoms with Crippen LogP contribution in [-0.2, 0) is 6.54 Å². The van der Waals surface area contributed by atoms with Crippen molar-refractivity contribution >= 4 is 11.3 Å². The molecule has 0 spiro atoms. The number of hydrogen-bond donors (Lipinski definition) is 1. The summed E-state index contributed by atoms with van der Waals surface area (Å²) in [6, 6.07) is 4.63. The molecule has 17 heavy (non-hydrogen) atoms. The Morgan fingerprint density at radius 3 is 3.18 bits per heavy atom. The maximum Gasteiger partial charge on any atom is 0.236 e. The fourth-order valence-corrected chi connectivity index (χ4v) is 2.59. The molecule has 0 aromatic carbocycles. The van der Waals surface area contributed by atoms with Crippen molar-refractivity contribution in [3.05, 3.63) is 29.5 Å². The second kappa shape index (κ2) is 4.63. The quantitative estimate of drug-likeness (QED) is 0.882. The van der Waals surface area contributed by atoms with Gasteiger partial charge in [-0.2, -0.15) is 0 Å². The van der Waals surface area contributed by atoms with Crippen LogP contribution in [0.5, 0.6) is 0 Å². The summed E-state index contributed by atoms with van der Waals surface area (Å²) in [7, 11) is 0. The van der Waals surface area contributed by atoms with Crippen molar-refractivity contribution < 1.29 is 4.42 Å². The molecular weight excluding hydrogens is 232 g/mol. The standard InChI is InChI=1S/C13H16N2OS/c1-9(10-4-5-10)14-7-11-8-16-13(15-11)12-3-2-6-17-12/h2-3,6,8-10,14H,4-5,7H2,1H3. The molecule has 1 unspecified atom stereocenters. The minimum absolute atomic E-state index is 0.594. The molecule has 1 atom stereocenters. The van der Waals surface area contributed by atoms with Gasteiger partial charge in [-0.05, 0) is 37.1 Å². The monoisotopic (exact) mass is 248 g/mol. The van der Waals surface area contributed by atoms with Gasteiger partial charge < -0.3 is 9.73 Å². The lowest BCUT2D eigenvalue weighted by Gasteiger charge is -2.10. The van der Waals surface area contributed by atoms with Crippen LogP contribution in [0.4, 0.5) is 0 Å². The first-order valence-corrected chi connectivity index (χ1v) is 6.92. The lowest BCUT2D eigenvalue weighted by atomic mass is 10.2. The maximum absolute atomic E-state index is 5.48. The van der Waals surface area contributed by atoms with Crippen molar-refractivity contribution in [2.75, 3.05) is 0 Å². The van der Waals surface area contributed by atoms with Crippen molar-refractivity contribution in [3.8, 4) is 10.8 Å². The number of aromatic nitrogens is 1. The van der Waals surface area contributed by atoms with E-state index in [0.29, 0.717) is 6.04 Å². The van der Waals surface area contributed by atoms with Crippen LogP contribution < -0.4 is 5.32 Å². The minimum Gasteiger partial charge on any atom is -0.444 e. The smallest absolute Gasteiger partial charge is 0.236 e.